The van der Waals surface area contributed by atoms with Crippen LogP contribution >= 0.6 is 11.6 Å². The van der Waals surface area contributed by atoms with Crippen molar-refractivity contribution in [2.75, 3.05) is 11.5 Å². The highest BCUT2D eigenvalue weighted by Gasteiger charge is 2.36. The summed E-state index contributed by atoms with van der Waals surface area (Å²) in [6.07, 6.45) is 0. The highest BCUT2D eigenvalue weighted by atomic mass is 35.5. The number of halogens is 1. The molecule has 11 heteroatoms. The summed E-state index contributed by atoms with van der Waals surface area (Å²) in [4.78, 5) is 68.6. The molecule has 0 bridgehead atoms. The maximum atomic E-state index is 13.4. The molecule has 0 saturated heterocycles. The van der Waals surface area contributed by atoms with Crippen molar-refractivity contribution in [2.24, 2.45) is 0 Å². The zero-order valence-electron chi connectivity index (χ0n) is 23.9. The van der Waals surface area contributed by atoms with Gasteiger partial charge in [-0.2, -0.15) is 0 Å². The van der Waals surface area contributed by atoms with Crippen molar-refractivity contribution in [1.29, 1.82) is 0 Å². The molecule has 6 rings (SSSR count). The van der Waals surface area contributed by atoms with Crippen LogP contribution < -0.4 is 4.90 Å². The lowest BCUT2D eigenvalue weighted by atomic mass is 10.0. The van der Waals surface area contributed by atoms with Crippen molar-refractivity contribution in [3.63, 3.8) is 0 Å². The van der Waals surface area contributed by atoms with Gasteiger partial charge >= 0.3 is 5.97 Å². The van der Waals surface area contributed by atoms with Gasteiger partial charge < -0.3 is 4.74 Å². The summed E-state index contributed by atoms with van der Waals surface area (Å²) in [5, 5.41) is 12.2. The summed E-state index contributed by atoms with van der Waals surface area (Å²) in [5.41, 5.74) is 3.42. The Kier molecular flexibility index (Phi) is 7.43. The Morgan fingerprint density at radius 2 is 1.58 bits per heavy atom. The monoisotopic (exact) mass is 619 g/mol. The third kappa shape index (κ3) is 5.21. The molecule has 2 heterocycles. The molecule has 0 fully saturated rings. The van der Waals surface area contributed by atoms with Crippen LogP contribution in [-0.2, 0) is 4.74 Å². The number of aryl methyl sites for hydroxylation is 2. The number of hydrogen-bond donors (Lipinski definition) is 0. The third-order valence-corrected chi connectivity index (χ3v) is 8.08. The smallest absolute Gasteiger partial charge is 0.339 e. The average Bonchev–Trinajstić information content (AvgIpc) is 3.30. The van der Waals surface area contributed by atoms with E-state index in [-0.39, 0.29) is 16.8 Å². The lowest BCUT2D eigenvalue weighted by molar-refractivity contribution is -0.385. The van der Waals surface area contributed by atoms with E-state index in [4.69, 9.17) is 21.3 Å². The van der Waals surface area contributed by atoms with Crippen LogP contribution in [0.15, 0.2) is 84.9 Å². The number of pyridine rings is 1. The Morgan fingerprint density at radius 3 is 2.22 bits per heavy atom. The number of rotatable bonds is 7. The number of ether oxygens (including phenoxy) is 1. The second-order valence-electron chi connectivity index (χ2n) is 10.4. The molecule has 0 radical (unpaired) electrons. The molecule has 10 nitrogen and oxygen atoms in total. The molecule has 4 aromatic carbocycles. The number of carbonyl (C=O) groups is 4. The van der Waals surface area contributed by atoms with E-state index < -0.39 is 35.1 Å². The van der Waals surface area contributed by atoms with Gasteiger partial charge in [0.15, 0.2) is 6.61 Å². The van der Waals surface area contributed by atoms with Crippen molar-refractivity contribution in [1.82, 2.24) is 4.98 Å². The maximum Gasteiger partial charge on any atom is 0.339 e. The van der Waals surface area contributed by atoms with Crippen molar-refractivity contribution in [2.45, 2.75) is 13.8 Å². The lowest BCUT2D eigenvalue weighted by Gasteiger charge is -2.15. The van der Waals surface area contributed by atoms with Crippen molar-refractivity contribution in [3.8, 4) is 11.3 Å². The number of Topliss-reactive ketones (excluding diaryl/α,β-unsaturated/α-hetero) is 1. The SMILES string of the molecule is Cc1ccc(C(=O)COC(=O)c2cc(-c3ccc(N4C(=O)c5ccccc5C4=O)cc3)nc3c(C)c(Cl)ccc23)cc1[N+](=O)[O-]. The van der Waals surface area contributed by atoms with Gasteiger partial charge in [0, 0.05) is 33.2 Å². The first-order valence-electron chi connectivity index (χ1n) is 13.7. The number of nitrogens with zero attached hydrogens (tertiary/aromatic N) is 3. The molecule has 0 saturated carbocycles. The molecule has 5 aromatic rings. The average molecular weight is 620 g/mol. The molecule has 1 aliphatic heterocycles. The molecular formula is C34H22ClN3O7. The van der Waals surface area contributed by atoms with Crippen LogP contribution in [0.25, 0.3) is 22.2 Å². The number of anilines is 1. The fourth-order valence-corrected chi connectivity index (χ4v) is 5.35. The van der Waals surface area contributed by atoms with Gasteiger partial charge in [0.25, 0.3) is 17.5 Å². The van der Waals surface area contributed by atoms with E-state index in [0.717, 1.165) is 11.0 Å². The molecule has 0 unspecified atom stereocenters. The van der Waals surface area contributed by atoms with Crippen LogP contribution in [-0.4, -0.2) is 40.1 Å². The van der Waals surface area contributed by atoms with Gasteiger partial charge in [-0.05, 0) is 55.8 Å². The number of benzene rings is 4. The highest BCUT2D eigenvalue weighted by molar-refractivity contribution is 6.34. The Morgan fingerprint density at radius 1 is 0.911 bits per heavy atom. The fourth-order valence-electron chi connectivity index (χ4n) is 5.20. The number of aromatic nitrogens is 1. The van der Waals surface area contributed by atoms with Crippen LogP contribution in [0.1, 0.15) is 52.6 Å². The van der Waals surface area contributed by atoms with Crippen LogP contribution in [0.5, 0.6) is 0 Å². The molecule has 2 amide bonds. The summed E-state index contributed by atoms with van der Waals surface area (Å²) in [7, 11) is 0. The van der Waals surface area contributed by atoms with Crippen LogP contribution in [0, 0.1) is 24.0 Å². The number of imide groups is 1. The number of nitro benzene ring substituents is 1. The standard InChI is InChI=1S/C34H22ClN3O7/c1-18-7-8-21(15-29(18)38(43)44)30(39)17-45-34(42)26-16-28(36-31-19(2)27(35)14-13-23(26)31)20-9-11-22(12-10-20)37-32(40)24-5-3-4-6-25(24)33(37)41/h3-16H,17H2,1-2H3. The van der Waals surface area contributed by atoms with Crippen LogP contribution in [0.3, 0.4) is 0 Å². The Labute approximate surface area is 261 Å². The second kappa shape index (κ2) is 11.4. The van der Waals surface area contributed by atoms with E-state index in [1.54, 1.807) is 74.5 Å². The van der Waals surface area contributed by atoms with Gasteiger partial charge in [0.05, 0.1) is 38.5 Å². The first-order valence-corrected chi connectivity index (χ1v) is 14.1. The zero-order valence-corrected chi connectivity index (χ0v) is 24.6. The molecule has 45 heavy (non-hydrogen) atoms. The number of carbonyl (C=O) groups excluding carboxylic acids is 4. The van der Waals surface area contributed by atoms with Gasteiger partial charge in [0.2, 0.25) is 5.78 Å². The molecule has 0 spiro atoms. The largest absolute Gasteiger partial charge is 0.454 e. The zero-order chi connectivity index (χ0) is 32.0. The first-order chi connectivity index (χ1) is 21.5. The Bertz CT molecular complexity index is 2070. The van der Waals surface area contributed by atoms with Crippen molar-refractivity contribution in [3.05, 3.63) is 133 Å². The molecule has 0 atom stereocenters. The summed E-state index contributed by atoms with van der Waals surface area (Å²) < 4.78 is 5.38. The van der Waals surface area contributed by atoms with E-state index in [2.05, 4.69) is 0 Å². The quantitative estimate of drug-likeness (QED) is 0.0629. The van der Waals surface area contributed by atoms with E-state index in [1.807, 2.05) is 0 Å². The van der Waals surface area contributed by atoms with E-state index in [9.17, 15) is 29.3 Å². The topological polar surface area (TPSA) is 137 Å². The number of hydrogen-bond acceptors (Lipinski definition) is 8. The minimum Gasteiger partial charge on any atom is -0.454 e. The molecule has 1 aliphatic rings. The molecule has 1 aromatic heterocycles. The highest BCUT2D eigenvalue weighted by Crippen LogP contribution is 2.33. The van der Waals surface area contributed by atoms with E-state index in [0.29, 0.717) is 55.1 Å². The summed E-state index contributed by atoms with van der Waals surface area (Å²) in [5.74, 6) is -2.24. The Balaban J connectivity index is 1.31. The summed E-state index contributed by atoms with van der Waals surface area (Å²) in [6.45, 7) is 2.68. The molecule has 0 N–H and O–H groups in total. The molecular weight excluding hydrogens is 598 g/mol. The number of fused-ring (bicyclic) bond motifs is 2. The predicted molar refractivity (Wildman–Crippen MR) is 167 cm³/mol. The van der Waals surface area contributed by atoms with Gasteiger partial charge in [-0.15, -0.1) is 0 Å². The minimum atomic E-state index is -0.803. The van der Waals surface area contributed by atoms with Crippen LogP contribution in [0.4, 0.5) is 11.4 Å². The van der Waals surface area contributed by atoms with E-state index >= 15 is 0 Å². The van der Waals surface area contributed by atoms with Crippen molar-refractivity contribution < 1.29 is 28.8 Å². The lowest BCUT2D eigenvalue weighted by Crippen LogP contribution is -2.29. The number of esters is 1. The van der Waals surface area contributed by atoms with Gasteiger partial charge in [-0.3, -0.25) is 24.5 Å². The number of ketones is 1. The van der Waals surface area contributed by atoms with E-state index in [1.165, 1.54) is 18.2 Å². The summed E-state index contributed by atoms with van der Waals surface area (Å²) in [6, 6.07) is 22.0. The Hall–Kier alpha value is -5.74. The molecule has 222 valence electrons. The van der Waals surface area contributed by atoms with Crippen LogP contribution in [0.2, 0.25) is 5.02 Å². The predicted octanol–water partition coefficient (Wildman–Crippen LogP) is 6.92. The third-order valence-electron chi connectivity index (χ3n) is 7.67. The van der Waals surface area contributed by atoms with Gasteiger partial charge in [0.1, 0.15) is 0 Å². The molecule has 0 aliphatic carbocycles. The minimum absolute atomic E-state index is 0.0427. The fraction of sp³-hybridized carbons (Fsp3) is 0.0882. The number of amides is 2. The van der Waals surface area contributed by atoms with Gasteiger partial charge in [-0.1, -0.05) is 54.1 Å². The number of nitro groups is 1. The second-order valence-corrected chi connectivity index (χ2v) is 10.8. The normalized spacial score (nSPS) is 12.4. The first kappa shape index (κ1) is 29.3. The summed E-state index contributed by atoms with van der Waals surface area (Å²) >= 11 is 6.38. The maximum absolute atomic E-state index is 13.4. The van der Waals surface area contributed by atoms with Crippen molar-refractivity contribution >= 4 is 57.4 Å². The van der Waals surface area contributed by atoms with Gasteiger partial charge in [-0.25, -0.2) is 14.7 Å².